The number of ether oxygens (including phenoxy) is 1. The van der Waals surface area contributed by atoms with Crippen LogP contribution in [0.25, 0.3) is 16.5 Å². The van der Waals surface area contributed by atoms with Crippen LogP contribution in [0.3, 0.4) is 0 Å². The first-order chi connectivity index (χ1) is 19.9. The molecular weight excluding hydrogens is 536 g/mol. The van der Waals surface area contributed by atoms with Gasteiger partial charge >= 0.3 is 6.09 Å². The molecule has 1 atom stereocenters. The molecule has 1 aliphatic heterocycles. The quantitative estimate of drug-likeness (QED) is 0.264. The standard InChI is InChI=1S/C33H37ClN4O3/c1-4-29(24-10-6-5-7-11-24)35-33(40)41-31-27-12-8-9-13-28(27)32(39)38(26-16-14-25(34)15-17-26)30(31)22-36-18-20-37(21-19-36)23(2)3/h5-17,23,29H,4,18-22H2,1-3H3,(H,35,40)/t29-/m0/s1. The SMILES string of the molecule is CC[C@H](NC(=O)Oc1c(CN2CCN(C(C)C)CC2)n(-c2ccc(Cl)cc2)c(=O)c2ccccc12)c1ccccc1. The Morgan fingerprint density at radius 1 is 0.902 bits per heavy atom. The Bertz CT molecular complexity index is 1550. The van der Waals surface area contributed by atoms with E-state index in [0.29, 0.717) is 51.9 Å². The number of nitrogens with one attached hydrogen (secondary N) is 1. The summed E-state index contributed by atoms with van der Waals surface area (Å²) in [4.78, 5) is 32.3. The number of amides is 1. The second kappa shape index (κ2) is 12.9. The van der Waals surface area contributed by atoms with E-state index in [1.807, 2.05) is 67.6 Å². The third-order valence-electron chi connectivity index (χ3n) is 7.83. The number of hydrogen-bond donors (Lipinski definition) is 1. The lowest BCUT2D eigenvalue weighted by Gasteiger charge is -2.37. The molecule has 0 unspecified atom stereocenters. The fourth-order valence-electron chi connectivity index (χ4n) is 5.51. The number of carbonyl (C=O) groups is 1. The van der Waals surface area contributed by atoms with E-state index in [-0.39, 0.29) is 11.6 Å². The molecule has 4 aromatic rings. The van der Waals surface area contributed by atoms with Crippen LogP contribution in [0.2, 0.25) is 5.02 Å². The summed E-state index contributed by atoms with van der Waals surface area (Å²) in [5, 5.41) is 4.71. The molecule has 1 aliphatic rings. The maximum absolute atomic E-state index is 14.0. The van der Waals surface area contributed by atoms with Gasteiger partial charge in [0.15, 0.2) is 5.75 Å². The van der Waals surface area contributed by atoms with Gasteiger partial charge in [-0.3, -0.25) is 19.2 Å². The molecule has 0 radical (unpaired) electrons. The Labute approximate surface area is 246 Å². The number of aromatic nitrogens is 1. The highest BCUT2D eigenvalue weighted by Gasteiger charge is 2.26. The van der Waals surface area contributed by atoms with Crippen molar-refractivity contribution in [2.45, 2.75) is 45.8 Å². The Balaban J connectivity index is 1.58. The van der Waals surface area contributed by atoms with Crippen LogP contribution in [0.4, 0.5) is 4.79 Å². The summed E-state index contributed by atoms with van der Waals surface area (Å²) in [6.07, 6.45) is 0.148. The van der Waals surface area contributed by atoms with Crippen molar-refractivity contribution in [3.05, 3.63) is 105 Å². The van der Waals surface area contributed by atoms with Crippen molar-refractivity contribution in [1.29, 1.82) is 0 Å². The summed E-state index contributed by atoms with van der Waals surface area (Å²) in [7, 11) is 0. The molecule has 1 fully saturated rings. The Morgan fingerprint density at radius 3 is 2.17 bits per heavy atom. The van der Waals surface area contributed by atoms with Crippen LogP contribution in [0.1, 0.15) is 44.5 Å². The second-order valence-electron chi connectivity index (χ2n) is 10.7. The number of nitrogens with zero attached hydrogens (tertiary/aromatic N) is 3. The molecule has 5 rings (SSSR count). The lowest BCUT2D eigenvalue weighted by molar-refractivity contribution is 0.102. The molecule has 2 heterocycles. The van der Waals surface area contributed by atoms with Crippen molar-refractivity contribution in [1.82, 2.24) is 19.7 Å². The van der Waals surface area contributed by atoms with Crippen molar-refractivity contribution >= 4 is 28.5 Å². The number of carbonyl (C=O) groups excluding carboxylic acids is 1. The number of pyridine rings is 1. The van der Waals surface area contributed by atoms with Gasteiger partial charge in [0.05, 0.1) is 17.1 Å². The van der Waals surface area contributed by atoms with Crippen LogP contribution in [-0.2, 0) is 6.54 Å². The van der Waals surface area contributed by atoms with Gasteiger partial charge < -0.3 is 10.1 Å². The monoisotopic (exact) mass is 572 g/mol. The molecule has 8 heteroatoms. The minimum Gasteiger partial charge on any atom is -0.408 e. The Hall–Kier alpha value is -3.65. The van der Waals surface area contributed by atoms with Gasteiger partial charge in [0.2, 0.25) is 0 Å². The topological polar surface area (TPSA) is 66.8 Å². The molecule has 0 spiro atoms. The van der Waals surface area contributed by atoms with E-state index in [1.54, 1.807) is 22.8 Å². The average Bonchev–Trinajstić information content (AvgIpc) is 2.99. The number of benzene rings is 3. The molecular formula is C33H37ClN4O3. The molecule has 0 bridgehead atoms. The molecule has 3 aromatic carbocycles. The van der Waals surface area contributed by atoms with Crippen LogP contribution >= 0.6 is 11.6 Å². The van der Waals surface area contributed by atoms with E-state index in [0.717, 1.165) is 31.7 Å². The molecule has 1 N–H and O–H groups in total. The van der Waals surface area contributed by atoms with Gasteiger partial charge in [0, 0.05) is 54.9 Å². The normalized spacial score (nSPS) is 15.2. The van der Waals surface area contributed by atoms with Crippen molar-refractivity contribution in [3.63, 3.8) is 0 Å². The fourth-order valence-corrected chi connectivity index (χ4v) is 5.63. The predicted octanol–water partition coefficient (Wildman–Crippen LogP) is 6.41. The highest BCUT2D eigenvalue weighted by atomic mass is 35.5. The number of hydrogen-bond acceptors (Lipinski definition) is 5. The molecule has 1 amide bonds. The highest BCUT2D eigenvalue weighted by Crippen LogP contribution is 2.32. The van der Waals surface area contributed by atoms with E-state index >= 15 is 0 Å². The molecule has 7 nitrogen and oxygen atoms in total. The van der Waals surface area contributed by atoms with Crippen LogP contribution in [-0.4, -0.2) is 52.7 Å². The largest absolute Gasteiger partial charge is 0.413 e. The van der Waals surface area contributed by atoms with Crippen molar-refractivity contribution in [2.75, 3.05) is 26.2 Å². The molecule has 0 aliphatic carbocycles. The van der Waals surface area contributed by atoms with E-state index < -0.39 is 6.09 Å². The Morgan fingerprint density at radius 2 is 1.54 bits per heavy atom. The van der Waals surface area contributed by atoms with E-state index in [9.17, 15) is 9.59 Å². The molecule has 0 saturated carbocycles. The Kier molecular flexibility index (Phi) is 9.08. The van der Waals surface area contributed by atoms with Crippen LogP contribution in [0.5, 0.6) is 5.75 Å². The van der Waals surface area contributed by atoms with Crippen LogP contribution in [0.15, 0.2) is 83.7 Å². The summed E-state index contributed by atoms with van der Waals surface area (Å²) >= 11 is 6.20. The smallest absolute Gasteiger partial charge is 0.408 e. The van der Waals surface area contributed by atoms with Gasteiger partial charge in [-0.2, -0.15) is 0 Å². The first-order valence-corrected chi connectivity index (χ1v) is 14.7. The zero-order valence-electron chi connectivity index (χ0n) is 23.8. The number of fused-ring (bicyclic) bond motifs is 1. The first kappa shape index (κ1) is 28.9. The third-order valence-corrected chi connectivity index (χ3v) is 8.08. The fraction of sp³-hybridized carbons (Fsp3) is 0.333. The maximum atomic E-state index is 14.0. The van der Waals surface area contributed by atoms with E-state index in [1.165, 1.54) is 0 Å². The van der Waals surface area contributed by atoms with Crippen molar-refractivity contribution in [3.8, 4) is 11.4 Å². The zero-order valence-corrected chi connectivity index (χ0v) is 24.6. The molecule has 1 aromatic heterocycles. The lowest BCUT2D eigenvalue weighted by Crippen LogP contribution is -2.48. The van der Waals surface area contributed by atoms with Gasteiger partial charge in [-0.15, -0.1) is 0 Å². The van der Waals surface area contributed by atoms with Crippen molar-refractivity contribution in [2.24, 2.45) is 0 Å². The van der Waals surface area contributed by atoms with Gasteiger partial charge in [-0.05, 0) is 56.2 Å². The summed E-state index contributed by atoms with van der Waals surface area (Å²) in [6.45, 7) is 10.4. The predicted molar refractivity (Wildman–Crippen MR) is 165 cm³/mol. The first-order valence-electron chi connectivity index (χ1n) is 14.3. The lowest BCUT2D eigenvalue weighted by atomic mass is 10.1. The zero-order chi connectivity index (χ0) is 28.9. The molecule has 1 saturated heterocycles. The average molecular weight is 573 g/mol. The minimum atomic E-state index is -0.557. The highest BCUT2D eigenvalue weighted by molar-refractivity contribution is 6.30. The second-order valence-corrected chi connectivity index (χ2v) is 11.2. The van der Waals surface area contributed by atoms with E-state index in [4.69, 9.17) is 16.3 Å². The van der Waals surface area contributed by atoms with Crippen LogP contribution < -0.4 is 15.6 Å². The minimum absolute atomic E-state index is 0.165. The summed E-state index contributed by atoms with van der Waals surface area (Å²) in [6, 6.07) is 24.6. The number of halogens is 1. The van der Waals surface area contributed by atoms with Gasteiger partial charge in [0.1, 0.15) is 0 Å². The summed E-state index contributed by atoms with van der Waals surface area (Å²) < 4.78 is 7.85. The number of piperazine rings is 1. The third kappa shape index (κ3) is 6.48. The maximum Gasteiger partial charge on any atom is 0.413 e. The van der Waals surface area contributed by atoms with Gasteiger partial charge in [-0.25, -0.2) is 4.79 Å². The molecule has 214 valence electrons. The summed E-state index contributed by atoms with van der Waals surface area (Å²) in [5.74, 6) is 0.391. The van der Waals surface area contributed by atoms with E-state index in [2.05, 4.69) is 29.0 Å². The number of rotatable bonds is 8. The van der Waals surface area contributed by atoms with Crippen LogP contribution in [0, 0.1) is 0 Å². The van der Waals surface area contributed by atoms with Crippen molar-refractivity contribution < 1.29 is 9.53 Å². The molecule has 41 heavy (non-hydrogen) atoms. The van der Waals surface area contributed by atoms with Gasteiger partial charge in [0.25, 0.3) is 5.56 Å². The van der Waals surface area contributed by atoms with Gasteiger partial charge in [-0.1, -0.05) is 67.1 Å². The summed E-state index contributed by atoms with van der Waals surface area (Å²) in [5.41, 5.74) is 2.15.